The molecule has 0 aromatic heterocycles. The Morgan fingerprint density at radius 2 is 2.14 bits per heavy atom. The fraction of sp³-hybridized carbons (Fsp3) is 0.333. The Morgan fingerprint density at radius 1 is 1.50 bits per heavy atom. The van der Waals surface area contributed by atoms with Crippen LogP contribution in [0, 0.1) is 5.82 Å². The van der Waals surface area contributed by atoms with Crippen molar-refractivity contribution in [3.8, 4) is 0 Å². The lowest BCUT2D eigenvalue weighted by Gasteiger charge is -2.18. The van der Waals surface area contributed by atoms with Gasteiger partial charge in [0.2, 0.25) is 0 Å². The average molecular weight is 264 g/mol. The second-order valence-electron chi connectivity index (χ2n) is 2.96. The monoisotopic (exact) mass is 263 g/mol. The Kier molecular flexibility index (Phi) is 4.00. The Labute approximate surface area is 89.5 Å². The summed E-state index contributed by atoms with van der Waals surface area (Å²) in [6.45, 7) is -0.328. The van der Waals surface area contributed by atoms with Crippen molar-refractivity contribution in [1.29, 1.82) is 0 Å². The van der Waals surface area contributed by atoms with Crippen LogP contribution < -0.4 is 5.73 Å². The van der Waals surface area contributed by atoms with Crippen LogP contribution in [0.2, 0.25) is 0 Å². The number of benzene rings is 1. The molecule has 0 aliphatic rings. The highest BCUT2D eigenvalue weighted by molar-refractivity contribution is 9.10. The highest BCUT2D eigenvalue weighted by atomic mass is 79.9. The summed E-state index contributed by atoms with van der Waals surface area (Å²) in [5.74, 6) is -0.398. The number of rotatable bonds is 3. The quantitative estimate of drug-likeness (QED) is 0.761. The molecular formula is C9H11BrFNO2. The van der Waals surface area contributed by atoms with E-state index in [4.69, 9.17) is 10.8 Å². The van der Waals surface area contributed by atoms with Gasteiger partial charge in [0.1, 0.15) is 5.82 Å². The Balaban J connectivity index is 2.95. The molecule has 0 saturated carbocycles. The summed E-state index contributed by atoms with van der Waals surface area (Å²) in [6, 6.07) is 3.13. The van der Waals surface area contributed by atoms with Crippen LogP contribution in [0.5, 0.6) is 0 Å². The predicted octanol–water partition coefficient (Wildman–Crippen LogP) is 0.941. The lowest BCUT2D eigenvalue weighted by molar-refractivity contribution is 0.109. The Morgan fingerprint density at radius 3 is 2.64 bits per heavy atom. The number of aliphatic hydroxyl groups is 2. The minimum atomic E-state index is -1.00. The van der Waals surface area contributed by atoms with E-state index in [0.717, 1.165) is 0 Å². The minimum absolute atomic E-state index is 0.328. The zero-order valence-corrected chi connectivity index (χ0v) is 8.91. The maximum absolute atomic E-state index is 12.7. The number of halogens is 2. The first-order valence-electron chi connectivity index (χ1n) is 4.05. The Hall–Kier alpha value is -0.490. The van der Waals surface area contributed by atoms with Gasteiger partial charge in [0, 0.05) is 4.47 Å². The molecule has 3 nitrogen and oxygen atoms in total. The molecule has 0 radical (unpaired) electrons. The van der Waals surface area contributed by atoms with Gasteiger partial charge < -0.3 is 15.9 Å². The van der Waals surface area contributed by atoms with Crippen LogP contribution in [0.15, 0.2) is 22.7 Å². The highest BCUT2D eigenvalue weighted by Gasteiger charge is 2.18. The van der Waals surface area contributed by atoms with Crippen LogP contribution in [0.4, 0.5) is 4.39 Å². The van der Waals surface area contributed by atoms with Crippen LogP contribution in [0.3, 0.4) is 0 Å². The molecule has 0 bridgehead atoms. The van der Waals surface area contributed by atoms with Gasteiger partial charge in [-0.3, -0.25) is 0 Å². The van der Waals surface area contributed by atoms with E-state index in [1.54, 1.807) is 0 Å². The normalized spacial score (nSPS) is 15.2. The summed E-state index contributed by atoms with van der Waals surface area (Å²) < 4.78 is 13.1. The molecule has 1 aromatic carbocycles. The van der Waals surface area contributed by atoms with Crippen molar-refractivity contribution < 1.29 is 14.6 Å². The van der Waals surface area contributed by atoms with Crippen molar-refractivity contribution in [3.05, 3.63) is 34.1 Å². The topological polar surface area (TPSA) is 66.5 Å². The molecule has 14 heavy (non-hydrogen) atoms. The van der Waals surface area contributed by atoms with Crippen molar-refractivity contribution in [3.63, 3.8) is 0 Å². The van der Waals surface area contributed by atoms with Gasteiger partial charge in [0.15, 0.2) is 0 Å². The van der Waals surface area contributed by atoms with E-state index >= 15 is 0 Å². The zero-order chi connectivity index (χ0) is 10.7. The van der Waals surface area contributed by atoms with E-state index in [1.165, 1.54) is 18.2 Å². The molecule has 0 heterocycles. The molecule has 0 fully saturated rings. The van der Waals surface area contributed by atoms with Gasteiger partial charge in [-0.15, -0.1) is 0 Å². The van der Waals surface area contributed by atoms with E-state index in [2.05, 4.69) is 15.9 Å². The third kappa shape index (κ3) is 2.51. The first kappa shape index (κ1) is 11.6. The molecule has 1 aromatic rings. The van der Waals surface area contributed by atoms with E-state index in [9.17, 15) is 9.50 Å². The van der Waals surface area contributed by atoms with Crippen LogP contribution in [-0.2, 0) is 0 Å². The largest absolute Gasteiger partial charge is 0.395 e. The number of hydrogen-bond acceptors (Lipinski definition) is 3. The van der Waals surface area contributed by atoms with Gasteiger partial charge in [0.05, 0.1) is 18.8 Å². The molecule has 0 aliphatic heterocycles. The van der Waals surface area contributed by atoms with Crippen LogP contribution in [-0.4, -0.2) is 22.9 Å². The number of nitrogens with two attached hydrogens (primary N) is 1. The number of aliphatic hydroxyl groups excluding tert-OH is 2. The van der Waals surface area contributed by atoms with E-state index in [-0.39, 0.29) is 6.61 Å². The van der Waals surface area contributed by atoms with Gasteiger partial charge in [-0.2, -0.15) is 0 Å². The fourth-order valence-electron chi connectivity index (χ4n) is 1.07. The molecule has 0 aliphatic carbocycles. The average Bonchev–Trinajstić information content (AvgIpc) is 2.15. The minimum Gasteiger partial charge on any atom is -0.395 e. The standard InChI is InChI=1S/C9H11BrFNO2/c10-7-3-5(11)1-2-6(7)9(14)8(12)4-13/h1-3,8-9,13-14H,4,12H2. The smallest absolute Gasteiger partial charge is 0.124 e. The van der Waals surface area contributed by atoms with Crippen LogP contribution in [0.25, 0.3) is 0 Å². The summed E-state index contributed by atoms with van der Waals surface area (Å²) in [5.41, 5.74) is 5.91. The van der Waals surface area contributed by atoms with Gasteiger partial charge in [0.25, 0.3) is 0 Å². The van der Waals surface area contributed by atoms with Gasteiger partial charge in [-0.25, -0.2) is 4.39 Å². The molecule has 0 saturated heterocycles. The lowest BCUT2D eigenvalue weighted by atomic mass is 10.0. The highest BCUT2D eigenvalue weighted by Crippen LogP contribution is 2.25. The van der Waals surface area contributed by atoms with E-state index in [0.29, 0.717) is 10.0 Å². The summed E-state index contributed by atoms with van der Waals surface area (Å²) in [4.78, 5) is 0. The second-order valence-corrected chi connectivity index (χ2v) is 3.81. The molecule has 2 atom stereocenters. The van der Waals surface area contributed by atoms with E-state index in [1.807, 2.05) is 0 Å². The molecule has 2 unspecified atom stereocenters. The molecule has 0 amide bonds. The van der Waals surface area contributed by atoms with Gasteiger partial charge >= 0.3 is 0 Å². The third-order valence-corrected chi connectivity index (χ3v) is 2.58. The van der Waals surface area contributed by atoms with E-state index < -0.39 is 18.0 Å². The van der Waals surface area contributed by atoms with Gasteiger partial charge in [-0.1, -0.05) is 22.0 Å². The molecule has 4 N–H and O–H groups in total. The van der Waals surface area contributed by atoms with Crippen molar-refractivity contribution in [2.45, 2.75) is 12.1 Å². The molecule has 0 spiro atoms. The lowest BCUT2D eigenvalue weighted by Crippen LogP contribution is -2.32. The molecule has 1 rings (SSSR count). The fourth-order valence-corrected chi connectivity index (χ4v) is 1.66. The SMILES string of the molecule is NC(CO)C(O)c1ccc(F)cc1Br. The number of hydrogen-bond donors (Lipinski definition) is 3. The summed E-state index contributed by atoms with van der Waals surface area (Å²) in [5, 5.41) is 18.4. The zero-order valence-electron chi connectivity index (χ0n) is 7.32. The Bertz CT molecular complexity index is 322. The van der Waals surface area contributed by atoms with Crippen molar-refractivity contribution in [2.24, 2.45) is 5.73 Å². The first-order chi connectivity index (χ1) is 6.56. The molecular weight excluding hydrogens is 253 g/mol. The summed E-state index contributed by atoms with van der Waals surface area (Å²) >= 11 is 3.11. The first-order valence-corrected chi connectivity index (χ1v) is 4.85. The maximum Gasteiger partial charge on any atom is 0.124 e. The van der Waals surface area contributed by atoms with Crippen molar-refractivity contribution in [2.75, 3.05) is 6.61 Å². The third-order valence-electron chi connectivity index (χ3n) is 1.90. The maximum atomic E-state index is 12.7. The second kappa shape index (κ2) is 4.84. The van der Waals surface area contributed by atoms with Gasteiger partial charge in [-0.05, 0) is 17.7 Å². The van der Waals surface area contributed by atoms with Crippen LogP contribution >= 0.6 is 15.9 Å². The van der Waals surface area contributed by atoms with Crippen LogP contribution in [0.1, 0.15) is 11.7 Å². The summed E-state index contributed by atoms with van der Waals surface area (Å²) in [6.07, 6.45) is -1.00. The molecule has 78 valence electrons. The summed E-state index contributed by atoms with van der Waals surface area (Å²) in [7, 11) is 0. The van der Waals surface area contributed by atoms with Crippen molar-refractivity contribution >= 4 is 15.9 Å². The predicted molar refractivity (Wildman–Crippen MR) is 54.1 cm³/mol. The molecule has 5 heteroatoms. The van der Waals surface area contributed by atoms with Crippen molar-refractivity contribution in [1.82, 2.24) is 0 Å².